The molecule has 1 saturated carbocycles. The molecule has 3 aliphatic rings. The van der Waals surface area contributed by atoms with Crippen molar-refractivity contribution in [1.29, 1.82) is 0 Å². The van der Waals surface area contributed by atoms with Crippen molar-refractivity contribution in [1.82, 2.24) is 0 Å². The van der Waals surface area contributed by atoms with E-state index in [4.69, 9.17) is 9.47 Å². The minimum absolute atomic E-state index is 0.275. The first-order valence-corrected chi connectivity index (χ1v) is 5.99. The van der Waals surface area contributed by atoms with Crippen molar-refractivity contribution in [2.45, 2.75) is 55.9 Å². The molecule has 6 heteroatoms. The zero-order valence-corrected chi connectivity index (χ0v) is 9.87. The van der Waals surface area contributed by atoms with Gasteiger partial charge in [0.2, 0.25) is 0 Å². The molecular formula is C11H20O6. The quantitative estimate of drug-likeness (QED) is 0.498. The third-order valence-corrected chi connectivity index (χ3v) is 3.86. The highest BCUT2D eigenvalue weighted by Crippen LogP contribution is 2.45. The predicted molar refractivity (Wildman–Crippen MR) is 57.1 cm³/mol. The number of hydrogen-bond donors (Lipinski definition) is 4. The Hall–Kier alpha value is -0.240. The molecule has 0 amide bonds. The van der Waals surface area contributed by atoms with Gasteiger partial charge in [0.1, 0.15) is 23.4 Å². The molecule has 2 saturated heterocycles. The largest absolute Gasteiger partial charge is 0.393 e. The van der Waals surface area contributed by atoms with E-state index < -0.39 is 36.3 Å². The van der Waals surface area contributed by atoms with Gasteiger partial charge >= 0.3 is 0 Å². The first kappa shape index (κ1) is 13.2. The van der Waals surface area contributed by atoms with Crippen LogP contribution >= 0.6 is 0 Å². The van der Waals surface area contributed by atoms with Crippen molar-refractivity contribution in [2.24, 2.45) is 0 Å². The van der Waals surface area contributed by atoms with Crippen molar-refractivity contribution in [3.63, 3.8) is 0 Å². The van der Waals surface area contributed by atoms with Gasteiger partial charge in [0.05, 0.1) is 6.61 Å². The van der Waals surface area contributed by atoms with E-state index >= 15 is 0 Å². The molecule has 3 rings (SSSR count). The Kier molecular flexibility index (Phi) is 3.46. The first-order chi connectivity index (χ1) is 8.00. The number of ether oxygens (including phenoxy) is 2. The van der Waals surface area contributed by atoms with E-state index in [1.54, 1.807) is 6.92 Å². The van der Waals surface area contributed by atoms with Crippen LogP contribution in [-0.2, 0) is 9.47 Å². The fourth-order valence-electron chi connectivity index (χ4n) is 2.77. The second-order valence-corrected chi connectivity index (χ2v) is 4.86. The maximum absolute atomic E-state index is 10.4. The van der Waals surface area contributed by atoms with Crippen LogP contribution in [0.3, 0.4) is 0 Å². The van der Waals surface area contributed by atoms with E-state index in [1.807, 2.05) is 0 Å². The van der Waals surface area contributed by atoms with Crippen LogP contribution < -0.4 is 0 Å². The molecule has 0 aromatic heterocycles. The summed E-state index contributed by atoms with van der Waals surface area (Å²) in [5.41, 5.74) is -2.84. The average molecular weight is 248 g/mol. The van der Waals surface area contributed by atoms with E-state index in [-0.39, 0.29) is 6.42 Å². The lowest BCUT2D eigenvalue weighted by Crippen LogP contribution is -2.70. The van der Waals surface area contributed by atoms with Gasteiger partial charge in [-0.2, -0.15) is 0 Å². The normalized spacial score (nSPS) is 50.3. The van der Waals surface area contributed by atoms with Gasteiger partial charge in [0.25, 0.3) is 0 Å². The number of hydrogen-bond acceptors (Lipinski definition) is 6. The smallest absolute Gasteiger partial charge is 0.189 e. The second-order valence-electron chi connectivity index (χ2n) is 4.86. The van der Waals surface area contributed by atoms with Gasteiger partial charge in [-0.3, -0.25) is 0 Å². The molecular weight excluding hydrogens is 228 g/mol. The van der Waals surface area contributed by atoms with Crippen LogP contribution in [-0.4, -0.2) is 63.3 Å². The molecule has 5 atom stereocenters. The molecule has 1 aliphatic carbocycles. The van der Waals surface area contributed by atoms with Gasteiger partial charge in [-0.05, 0) is 26.2 Å². The molecule has 6 nitrogen and oxygen atoms in total. The van der Waals surface area contributed by atoms with Crippen LogP contribution in [0.4, 0.5) is 0 Å². The van der Waals surface area contributed by atoms with Crippen LogP contribution in [0.15, 0.2) is 0 Å². The Labute approximate surface area is 99.8 Å². The fourth-order valence-corrected chi connectivity index (χ4v) is 2.77. The Morgan fingerprint density at radius 1 is 1.29 bits per heavy atom. The molecule has 3 fully saturated rings. The molecule has 0 radical (unpaired) electrons. The zero-order chi connectivity index (χ0) is 12.7. The van der Waals surface area contributed by atoms with Crippen LogP contribution in [0.25, 0.3) is 0 Å². The summed E-state index contributed by atoms with van der Waals surface area (Å²) < 4.78 is 10.8. The van der Waals surface area contributed by atoms with Crippen LogP contribution in [0.1, 0.15) is 26.2 Å². The van der Waals surface area contributed by atoms with Crippen LogP contribution in [0.2, 0.25) is 0 Å². The summed E-state index contributed by atoms with van der Waals surface area (Å²) in [4.78, 5) is 0. The molecule has 17 heavy (non-hydrogen) atoms. The van der Waals surface area contributed by atoms with E-state index in [2.05, 4.69) is 0 Å². The minimum Gasteiger partial charge on any atom is -0.393 e. The van der Waals surface area contributed by atoms with E-state index in [9.17, 15) is 20.4 Å². The summed E-state index contributed by atoms with van der Waals surface area (Å²) in [6, 6.07) is 0. The molecule has 100 valence electrons. The molecule has 2 heterocycles. The van der Waals surface area contributed by atoms with Gasteiger partial charge < -0.3 is 29.9 Å². The fraction of sp³-hybridized carbons (Fsp3) is 1.00. The minimum atomic E-state index is -1.61. The Morgan fingerprint density at radius 2 is 2.00 bits per heavy atom. The Morgan fingerprint density at radius 3 is 2.59 bits per heavy atom. The van der Waals surface area contributed by atoms with Crippen molar-refractivity contribution in [3.8, 4) is 0 Å². The lowest BCUT2D eigenvalue weighted by atomic mass is 9.82. The third kappa shape index (κ3) is 1.80. The highest BCUT2D eigenvalue weighted by molar-refractivity contribution is 5.09. The molecule has 2 bridgehead atoms. The SMILES string of the molecule is CCO[C@@H]1O[C@@]2(CO)CCC[C@]1(O)[C@@H](O)[C@@H]2O. The summed E-state index contributed by atoms with van der Waals surface area (Å²) in [6.45, 7) is 1.65. The lowest BCUT2D eigenvalue weighted by molar-refractivity contribution is -0.363. The van der Waals surface area contributed by atoms with Gasteiger partial charge in [0, 0.05) is 6.61 Å². The van der Waals surface area contributed by atoms with Crippen molar-refractivity contribution < 1.29 is 29.9 Å². The van der Waals surface area contributed by atoms with Crippen molar-refractivity contribution >= 4 is 0 Å². The summed E-state index contributed by atoms with van der Waals surface area (Å²) in [7, 11) is 0. The number of rotatable bonds is 3. The maximum Gasteiger partial charge on any atom is 0.189 e. The maximum atomic E-state index is 10.4. The number of aliphatic hydroxyl groups excluding tert-OH is 3. The predicted octanol–water partition coefficient (Wildman–Crippen LogP) is -1.25. The van der Waals surface area contributed by atoms with Gasteiger partial charge in [-0.25, -0.2) is 0 Å². The molecule has 2 aliphatic heterocycles. The number of fused-ring (bicyclic) bond motifs is 4. The van der Waals surface area contributed by atoms with Crippen LogP contribution in [0, 0.1) is 0 Å². The molecule has 0 aromatic rings. The Bertz CT molecular complexity index is 285. The average Bonchev–Trinajstić information content (AvgIpc) is 2.51. The third-order valence-electron chi connectivity index (χ3n) is 3.86. The van der Waals surface area contributed by atoms with Crippen molar-refractivity contribution in [3.05, 3.63) is 0 Å². The summed E-state index contributed by atoms with van der Waals surface area (Å²) >= 11 is 0. The van der Waals surface area contributed by atoms with Crippen molar-refractivity contribution in [2.75, 3.05) is 13.2 Å². The summed E-state index contributed by atoms with van der Waals surface area (Å²) in [5.74, 6) is 0. The van der Waals surface area contributed by atoms with Crippen LogP contribution in [0.5, 0.6) is 0 Å². The monoisotopic (exact) mass is 248 g/mol. The van der Waals surface area contributed by atoms with E-state index in [1.165, 1.54) is 0 Å². The standard InChI is InChI=1S/C11H20O6/c1-2-16-9-11(15)5-3-4-10(6-12,17-9)7(13)8(11)14/h7-9,12-15H,2-6H2,1H3/t7-,8-,9+,10+,11-/m0/s1. The molecule has 0 unspecified atom stereocenters. The molecule has 4 N–H and O–H groups in total. The summed E-state index contributed by atoms with van der Waals surface area (Å²) in [5, 5.41) is 39.8. The first-order valence-electron chi connectivity index (χ1n) is 5.99. The highest BCUT2D eigenvalue weighted by Gasteiger charge is 2.62. The highest BCUT2D eigenvalue weighted by atomic mass is 16.7. The van der Waals surface area contributed by atoms with Gasteiger partial charge in [0.15, 0.2) is 6.29 Å². The van der Waals surface area contributed by atoms with Gasteiger partial charge in [-0.15, -0.1) is 0 Å². The number of aliphatic hydroxyl groups is 4. The van der Waals surface area contributed by atoms with Gasteiger partial charge in [-0.1, -0.05) is 0 Å². The van der Waals surface area contributed by atoms with E-state index in [0.717, 1.165) is 0 Å². The Balaban J connectivity index is 2.36. The molecule has 0 spiro atoms. The topological polar surface area (TPSA) is 99.4 Å². The summed E-state index contributed by atoms with van der Waals surface area (Å²) in [6.07, 6.45) is -2.49. The zero-order valence-electron chi connectivity index (χ0n) is 9.87. The van der Waals surface area contributed by atoms with E-state index in [0.29, 0.717) is 19.4 Å². The lowest BCUT2D eigenvalue weighted by Gasteiger charge is -2.50. The second kappa shape index (κ2) is 4.46. The molecule has 0 aromatic carbocycles.